The van der Waals surface area contributed by atoms with Crippen molar-refractivity contribution in [1.29, 1.82) is 0 Å². The smallest absolute Gasteiger partial charge is 0.274 e. The first-order valence-corrected chi connectivity index (χ1v) is 10.8. The van der Waals surface area contributed by atoms with E-state index in [2.05, 4.69) is 48.4 Å². The van der Waals surface area contributed by atoms with Crippen LogP contribution in [0.2, 0.25) is 0 Å². The van der Waals surface area contributed by atoms with Crippen molar-refractivity contribution in [2.24, 2.45) is 7.05 Å². The lowest BCUT2D eigenvalue weighted by atomic mass is 9.92. The average Bonchev–Trinajstić information content (AvgIpc) is 2.75. The van der Waals surface area contributed by atoms with Gasteiger partial charge in [0.25, 0.3) is 11.5 Å². The minimum atomic E-state index is -0.224. The first-order chi connectivity index (χ1) is 14.9. The van der Waals surface area contributed by atoms with Crippen molar-refractivity contribution in [1.82, 2.24) is 19.7 Å². The number of pyridine rings is 1. The minimum Gasteiger partial charge on any atom is -0.337 e. The zero-order valence-corrected chi connectivity index (χ0v) is 18.3. The Morgan fingerprint density at radius 3 is 2.71 bits per heavy atom. The van der Waals surface area contributed by atoms with E-state index in [1.54, 1.807) is 7.05 Å². The maximum atomic E-state index is 13.0. The fourth-order valence-corrected chi connectivity index (χ4v) is 4.32. The van der Waals surface area contributed by atoms with Gasteiger partial charge in [0, 0.05) is 43.5 Å². The molecule has 1 atom stereocenters. The van der Waals surface area contributed by atoms with E-state index in [-0.39, 0.29) is 17.4 Å². The Labute approximate surface area is 182 Å². The summed E-state index contributed by atoms with van der Waals surface area (Å²) in [4.78, 5) is 31.2. The van der Waals surface area contributed by atoms with Gasteiger partial charge in [0.2, 0.25) is 0 Å². The van der Waals surface area contributed by atoms with E-state index in [1.165, 1.54) is 33.5 Å². The standard InChI is InChI=1S/C25H28N4O2/c1-17-6-4-7-19(12-17)14-20-13-18(2)26-23(15-20)21-8-5-11-29(16-21)25(31)22-9-10-24(30)28(3)27-22/h4,6-7,9-10,12-13,15,21H,5,8,11,14,16H2,1-3H3/t21-/m0/s1. The summed E-state index contributed by atoms with van der Waals surface area (Å²) < 4.78 is 1.20. The molecule has 2 aromatic heterocycles. The number of benzene rings is 1. The zero-order valence-electron chi connectivity index (χ0n) is 18.3. The largest absolute Gasteiger partial charge is 0.337 e. The molecule has 1 fully saturated rings. The molecule has 31 heavy (non-hydrogen) atoms. The highest BCUT2D eigenvalue weighted by molar-refractivity contribution is 5.92. The summed E-state index contributed by atoms with van der Waals surface area (Å²) >= 11 is 0. The maximum absolute atomic E-state index is 13.0. The summed E-state index contributed by atoms with van der Waals surface area (Å²) in [5.41, 5.74) is 5.93. The van der Waals surface area contributed by atoms with E-state index in [9.17, 15) is 9.59 Å². The molecule has 6 nitrogen and oxygen atoms in total. The Kier molecular flexibility index (Phi) is 5.98. The number of nitrogens with zero attached hydrogens (tertiary/aromatic N) is 4. The van der Waals surface area contributed by atoms with Gasteiger partial charge < -0.3 is 4.90 Å². The summed E-state index contributed by atoms with van der Waals surface area (Å²) in [6.45, 7) is 5.45. The Morgan fingerprint density at radius 1 is 1.10 bits per heavy atom. The quantitative estimate of drug-likeness (QED) is 0.654. The van der Waals surface area contributed by atoms with E-state index in [0.29, 0.717) is 18.8 Å². The summed E-state index contributed by atoms with van der Waals surface area (Å²) in [5.74, 6) is 0.0642. The number of hydrogen-bond acceptors (Lipinski definition) is 4. The fraction of sp³-hybridized carbons (Fsp3) is 0.360. The molecule has 0 spiro atoms. The predicted octanol–water partition coefficient (Wildman–Crippen LogP) is 3.40. The van der Waals surface area contributed by atoms with Crippen LogP contribution in [-0.2, 0) is 13.5 Å². The van der Waals surface area contributed by atoms with Crippen LogP contribution in [0.4, 0.5) is 0 Å². The van der Waals surface area contributed by atoms with Gasteiger partial charge in [0.15, 0.2) is 0 Å². The Bertz CT molecular complexity index is 1170. The van der Waals surface area contributed by atoms with Gasteiger partial charge in [-0.05, 0) is 62.4 Å². The maximum Gasteiger partial charge on any atom is 0.274 e. The van der Waals surface area contributed by atoms with Crippen molar-refractivity contribution >= 4 is 5.91 Å². The van der Waals surface area contributed by atoms with Crippen molar-refractivity contribution in [2.45, 2.75) is 39.0 Å². The molecule has 160 valence electrons. The molecule has 0 aliphatic carbocycles. The second kappa shape index (κ2) is 8.84. The molecule has 0 unspecified atom stereocenters. The van der Waals surface area contributed by atoms with E-state index >= 15 is 0 Å². The molecular weight excluding hydrogens is 388 g/mol. The average molecular weight is 417 g/mol. The third-order valence-corrected chi connectivity index (χ3v) is 5.83. The fourth-order valence-electron chi connectivity index (χ4n) is 4.32. The van der Waals surface area contributed by atoms with Crippen LogP contribution in [0.15, 0.2) is 53.3 Å². The highest BCUT2D eigenvalue weighted by atomic mass is 16.2. The van der Waals surface area contributed by atoms with Crippen LogP contribution in [0.3, 0.4) is 0 Å². The highest BCUT2D eigenvalue weighted by Crippen LogP contribution is 2.28. The molecule has 1 saturated heterocycles. The van der Waals surface area contributed by atoms with Crippen molar-refractivity contribution in [3.63, 3.8) is 0 Å². The lowest BCUT2D eigenvalue weighted by molar-refractivity contribution is 0.0697. The minimum absolute atomic E-state index is 0.132. The van der Waals surface area contributed by atoms with Crippen LogP contribution in [0, 0.1) is 13.8 Å². The van der Waals surface area contributed by atoms with Crippen LogP contribution < -0.4 is 5.56 Å². The van der Waals surface area contributed by atoms with Crippen molar-refractivity contribution in [3.05, 3.63) is 92.7 Å². The number of hydrogen-bond donors (Lipinski definition) is 0. The lowest BCUT2D eigenvalue weighted by Gasteiger charge is -2.32. The van der Waals surface area contributed by atoms with Crippen molar-refractivity contribution in [3.8, 4) is 0 Å². The Balaban J connectivity index is 1.53. The molecule has 1 aliphatic heterocycles. The molecule has 0 radical (unpaired) electrons. The van der Waals surface area contributed by atoms with Gasteiger partial charge in [-0.15, -0.1) is 0 Å². The molecule has 1 aliphatic rings. The molecular formula is C25H28N4O2. The van der Waals surface area contributed by atoms with Gasteiger partial charge in [-0.2, -0.15) is 5.10 Å². The predicted molar refractivity (Wildman–Crippen MR) is 120 cm³/mol. The van der Waals surface area contributed by atoms with E-state index in [1.807, 2.05) is 11.8 Å². The number of piperidine rings is 1. The van der Waals surface area contributed by atoms with Gasteiger partial charge in [-0.1, -0.05) is 29.8 Å². The Morgan fingerprint density at radius 2 is 1.94 bits per heavy atom. The molecule has 3 aromatic rings. The third kappa shape index (κ3) is 4.90. The summed E-state index contributed by atoms with van der Waals surface area (Å²) in [6.07, 6.45) is 2.80. The number of amides is 1. The molecule has 1 amide bonds. The number of carbonyl (C=O) groups is 1. The van der Waals surface area contributed by atoms with Gasteiger partial charge in [0.05, 0.1) is 0 Å². The summed E-state index contributed by atoms with van der Waals surface area (Å²) in [6, 6.07) is 15.8. The number of rotatable bonds is 4. The topological polar surface area (TPSA) is 68.1 Å². The molecule has 0 bridgehead atoms. The van der Waals surface area contributed by atoms with Gasteiger partial charge in [0.1, 0.15) is 5.69 Å². The number of likely N-dealkylation sites (tertiary alicyclic amines) is 1. The number of carbonyl (C=O) groups excluding carboxylic acids is 1. The van der Waals surface area contributed by atoms with Crippen LogP contribution in [-0.4, -0.2) is 38.7 Å². The highest BCUT2D eigenvalue weighted by Gasteiger charge is 2.27. The summed E-state index contributed by atoms with van der Waals surface area (Å²) in [5, 5.41) is 4.13. The number of aryl methyl sites for hydroxylation is 3. The Hall–Kier alpha value is -3.28. The van der Waals surface area contributed by atoms with Gasteiger partial charge >= 0.3 is 0 Å². The van der Waals surface area contributed by atoms with E-state index < -0.39 is 0 Å². The first-order valence-electron chi connectivity index (χ1n) is 10.8. The lowest BCUT2D eigenvalue weighted by Crippen LogP contribution is -2.40. The van der Waals surface area contributed by atoms with Crippen LogP contribution >= 0.6 is 0 Å². The van der Waals surface area contributed by atoms with E-state index in [0.717, 1.165) is 30.7 Å². The van der Waals surface area contributed by atoms with E-state index in [4.69, 9.17) is 4.98 Å². The van der Waals surface area contributed by atoms with Gasteiger partial charge in [-0.3, -0.25) is 14.6 Å². The van der Waals surface area contributed by atoms with Crippen LogP contribution in [0.25, 0.3) is 0 Å². The SMILES string of the molecule is Cc1cccc(Cc2cc(C)nc([C@H]3CCCN(C(=O)c4ccc(=O)n(C)n4)C3)c2)c1. The van der Waals surface area contributed by atoms with Crippen LogP contribution in [0.1, 0.15) is 57.3 Å². The van der Waals surface area contributed by atoms with Crippen molar-refractivity contribution < 1.29 is 4.79 Å². The second-order valence-corrected chi connectivity index (χ2v) is 8.48. The zero-order chi connectivity index (χ0) is 22.0. The van der Waals surface area contributed by atoms with Crippen LogP contribution in [0.5, 0.6) is 0 Å². The molecule has 0 N–H and O–H groups in total. The molecule has 6 heteroatoms. The van der Waals surface area contributed by atoms with Gasteiger partial charge in [-0.25, -0.2) is 4.68 Å². The molecule has 1 aromatic carbocycles. The third-order valence-electron chi connectivity index (χ3n) is 5.83. The number of aromatic nitrogens is 3. The second-order valence-electron chi connectivity index (χ2n) is 8.48. The monoisotopic (exact) mass is 416 g/mol. The molecule has 0 saturated carbocycles. The van der Waals surface area contributed by atoms with Crippen molar-refractivity contribution in [2.75, 3.05) is 13.1 Å². The normalized spacial score (nSPS) is 16.4. The molecule has 4 rings (SSSR count). The summed E-state index contributed by atoms with van der Waals surface area (Å²) in [7, 11) is 1.56. The first kappa shape index (κ1) is 21.0. The molecule has 3 heterocycles.